The number of nitrogen functional groups attached to an aromatic ring is 1. The quantitative estimate of drug-likeness (QED) is 0.466. The van der Waals surface area contributed by atoms with Crippen LogP contribution in [-0.2, 0) is 11.2 Å². The number of ketones is 1. The predicted molar refractivity (Wildman–Crippen MR) is 115 cm³/mol. The number of alkyl halides is 3. The molecule has 4 rings (SSSR count). The lowest BCUT2D eigenvalue weighted by molar-refractivity contribution is -0.143. The Morgan fingerprint density at radius 2 is 1.91 bits per heavy atom. The summed E-state index contributed by atoms with van der Waals surface area (Å²) in [7, 11) is 0. The minimum atomic E-state index is -4.33. The van der Waals surface area contributed by atoms with Gasteiger partial charge in [0.2, 0.25) is 0 Å². The van der Waals surface area contributed by atoms with E-state index in [9.17, 15) is 18.0 Å². The number of nitrogens with zero attached hydrogens (tertiary/aromatic N) is 4. The molecule has 2 N–H and O–H groups in total. The van der Waals surface area contributed by atoms with Crippen LogP contribution in [0.15, 0.2) is 54.9 Å². The second kappa shape index (κ2) is 8.41. The fourth-order valence-electron chi connectivity index (χ4n) is 3.49. The second-order valence-corrected chi connectivity index (χ2v) is 7.58. The maximum Gasteiger partial charge on any atom is 0.389 e. The number of pyridine rings is 1. The second-order valence-electron chi connectivity index (χ2n) is 7.58. The molecule has 0 spiro atoms. The summed E-state index contributed by atoms with van der Waals surface area (Å²) in [6.45, 7) is 1.84. The van der Waals surface area contributed by atoms with Crippen LogP contribution >= 0.6 is 0 Å². The maximum absolute atomic E-state index is 12.4. The van der Waals surface area contributed by atoms with E-state index < -0.39 is 24.8 Å². The molecule has 0 aliphatic rings. The van der Waals surface area contributed by atoms with Gasteiger partial charge in [-0.15, -0.1) is 0 Å². The standard InChI is InChI=1S/C23H20F3N5O/c1-14-9-20(27)30-22(29-14)17-6-8-31-19(13-28-21(31)12-17)16-4-2-3-15(10-16)11-18(32)5-7-23(24,25)26/h2-4,6,8-10,12-13H,5,7,11H2,1H3,(H2,27,29,30). The van der Waals surface area contributed by atoms with E-state index in [0.717, 1.165) is 22.5 Å². The van der Waals surface area contributed by atoms with E-state index >= 15 is 0 Å². The predicted octanol–water partition coefficient (Wildman–Crippen LogP) is 4.80. The van der Waals surface area contributed by atoms with Crippen molar-refractivity contribution in [1.29, 1.82) is 0 Å². The lowest BCUT2D eigenvalue weighted by atomic mass is 10.0. The number of halogens is 3. The first kappa shape index (κ1) is 21.5. The third kappa shape index (κ3) is 4.93. The molecule has 0 aliphatic heterocycles. The van der Waals surface area contributed by atoms with Gasteiger partial charge in [0.15, 0.2) is 5.82 Å². The van der Waals surface area contributed by atoms with Gasteiger partial charge < -0.3 is 5.73 Å². The van der Waals surface area contributed by atoms with E-state index in [0.29, 0.717) is 22.9 Å². The van der Waals surface area contributed by atoms with Crippen LogP contribution in [-0.4, -0.2) is 31.3 Å². The Labute approximate surface area is 182 Å². The van der Waals surface area contributed by atoms with Gasteiger partial charge >= 0.3 is 6.18 Å². The maximum atomic E-state index is 12.4. The first-order valence-corrected chi connectivity index (χ1v) is 9.94. The number of aromatic nitrogens is 4. The summed E-state index contributed by atoms with van der Waals surface area (Å²) in [5, 5.41) is 0. The van der Waals surface area contributed by atoms with E-state index in [-0.39, 0.29) is 6.42 Å². The number of benzene rings is 1. The molecule has 0 saturated carbocycles. The van der Waals surface area contributed by atoms with Crippen molar-refractivity contribution in [2.45, 2.75) is 32.4 Å². The number of imidazole rings is 1. The highest BCUT2D eigenvalue weighted by Gasteiger charge is 2.27. The van der Waals surface area contributed by atoms with Crippen molar-refractivity contribution >= 4 is 17.2 Å². The molecule has 0 bridgehead atoms. The molecule has 0 unspecified atom stereocenters. The fraction of sp³-hybridized carbons (Fsp3) is 0.217. The Kier molecular flexibility index (Phi) is 5.65. The van der Waals surface area contributed by atoms with Crippen molar-refractivity contribution in [3.63, 3.8) is 0 Å². The van der Waals surface area contributed by atoms with Gasteiger partial charge in [-0.1, -0.05) is 18.2 Å². The molecule has 0 radical (unpaired) electrons. The van der Waals surface area contributed by atoms with Crippen molar-refractivity contribution in [1.82, 2.24) is 19.4 Å². The molecule has 0 amide bonds. The Bertz CT molecular complexity index is 1280. The number of hydrogen-bond acceptors (Lipinski definition) is 5. The first-order valence-electron chi connectivity index (χ1n) is 9.94. The van der Waals surface area contributed by atoms with Gasteiger partial charge in [-0.3, -0.25) is 9.20 Å². The third-order valence-corrected chi connectivity index (χ3v) is 4.96. The Morgan fingerprint density at radius 1 is 1.09 bits per heavy atom. The van der Waals surface area contributed by atoms with E-state index in [1.807, 2.05) is 35.7 Å². The molecular formula is C23H20F3N5O. The summed E-state index contributed by atoms with van der Waals surface area (Å²) in [4.78, 5) is 25.1. The highest BCUT2D eigenvalue weighted by Crippen LogP contribution is 2.26. The Hall–Kier alpha value is -3.75. The van der Waals surface area contributed by atoms with Crippen LogP contribution in [0.1, 0.15) is 24.1 Å². The molecular weight excluding hydrogens is 419 g/mol. The lowest BCUT2D eigenvalue weighted by Crippen LogP contribution is -2.12. The van der Waals surface area contributed by atoms with Crippen molar-refractivity contribution < 1.29 is 18.0 Å². The summed E-state index contributed by atoms with van der Waals surface area (Å²) in [5.74, 6) is 0.451. The molecule has 3 heterocycles. The Balaban J connectivity index is 1.59. The highest BCUT2D eigenvalue weighted by atomic mass is 19.4. The third-order valence-electron chi connectivity index (χ3n) is 4.96. The average molecular weight is 439 g/mol. The fourth-order valence-corrected chi connectivity index (χ4v) is 3.49. The SMILES string of the molecule is Cc1cc(N)nc(-c2ccn3c(-c4cccc(CC(=O)CCC(F)(F)F)c4)cnc3c2)n1. The zero-order chi connectivity index (χ0) is 22.9. The molecule has 9 heteroatoms. The largest absolute Gasteiger partial charge is 0.389 e. The number of carbonyl (C=O) groups is 1. The van der Waals surface area contributed by atoms with Crippen molar-refractivity contribution in [2.75, 3.05) is 5.73 Å². The Morgan fingerprint density at radius 3 is 2.66 bits per heavy atom. The summed E-state index contributed by atoms with van der Waals surface area (Å²) in [6, 6.07) is 12.6. The van der Waals surface area contributed by atoms with Crippen LogP contribution in [0.5, 0.6) is 0 Å². The van der Waals surface area contributed by atoms with E-state index in [1.54, 1.807) is 30.5 Å². The van der Waals surface area contributed by atoms with E-state index in [4.69, 9.17) is 5.73 Å². The van der Waals surface area contributed by atoms with Crippen LogP contribution in [0.3, 0.4) is 0 Å². The highest BCUT2D eigenvalue weighted by molar-refractivity contribution is 5.81. The average Bonchev–Trinajstić information content (AvgIpc) is 3.14. The number of hydrogen-bond donors (Lipinski definition) is 1. The molecule has 0 atom stereocenters. The summed E-state index contributed by atoms with van der Waals surface area (Å²) >= 11 is 0. The minimum absolute atomic E-state index is 0.0447. The first-order chi connectivity index (χ1) is 15.2. The van der Waals surface area contributed by atoms with Gasteiger partial charge in [0.1, 0.15) is 17.2 Å². The van der Waals surface area contributed by atoms with Gasteiger partial charge in [0, 0.05) is 41.9 Å². The number of rotatable bonds is 6. The summed E-state index contributed by atoms with van der Waals surface area (Å²) in [6.07, 6.45) is -2.45. The van der Waals surface area contributed by atoms with Crippen LogP contribution in [0, 0.1) is 6.92 Å². The van der Waals surface area contributed by atoms with E-state index in [2.05, 4.69) is 15.0 Å². The summed E-state index contributed by atoms with van der Waals surface area (Å²) < 4.78 is 38.9. The molecule has 32 heavy (non-hydrogen) atoms. The lowest BCUT2D eigenvalue weighted by Gasteiger charge is -2.08. The molecule has 6 nitrogen and oxygen atoms in total. The van der Waals surface area contributed by atoms with Crippen LogP contribution in [0.2, 0.25) is 0 Å². The number of anilines is 1. The number of Topliss-reactive ketones (excluding diaryl/α,β-unsaturated/α-hetero) is 1. The van der Waals surface area contributed by atoms with Crippen molar-refractivity contribution in [3.05, 3.63) is 66.1 Å². The topological polar surface area (TPSA) is 86.2 Å². The van der Waals surface area contributed by atoms with Gasteiger partial charge in [0.25, 0.3) is 0 Å². The molecule has 0 saturated heterocycles. The number of aryl methyl sites for hydroxylation is 1. The molecule has 0 aliphatic carbocycles. The number of carbonyl (C=O) groups excluding carboxylic acids is 1. The van der Waals surface area contributed by atoms with Gasteiger partial charge in [0.05, 0.1) is 18.3 Å². The molecule has 1 aromatic carbocycles. The molecule has 3 aromatic heterocycles. The zero-order valence-electron chi connectivity index (χ0n) is 17.2. The summed E-state index contributed by atoms with van der Waals surface area (Å²) in [5.41, 5.74) is 10.3. The molecule has 164 valence electrons. The number of fused-ring (bicyclic) bond motifs is 1. The van der Waals surface area contributed by atoms with Crippen molar-refractivity contribution in [3.8, 4) is 22.6 Å². The van der Waals surface area contributed by atoms with E-state index in [1.165, 1.54) is 0 Å². The zero-order valence-corrected chi connectivity index (χ0v) is 17.2. The van der Waals surface area contributed by atoms with Gasteiger partial charge in [-0.2, -0.15) is 13.2 Å². The van der Waals surface area contributed by atoms with Crippen LogP contribution in [0.25, 0.3) is 28.3 Å². The van der Waals surface area contributed by atoms with Gasteiger partial charge in [-0.05, 0) is 30.7 Å². The van der Waals surface area contributed by atoms with Crippen molar-refractivity contribution in [2.24, 2.45) is 0 Å². The normalized spacial score (nSPS) is 11.8. The molecule has 0 fully saturated rings. The minimum Gasteiger partial charge on any atom is -0.384 e. The van der Waals surface area contributed by atoms with Gasteiger partial charge in [-0.25, -0.2) is 15.0 Å². The smallest absolute Gasteiger partial charge is 0.384 e. The number of nitrogens with two attached hydrogens (primary N) is 1. The molecule has 4 aromatic rings. The monoisotopic (exact) mass is 439 g/mol. The van der Waals surface area contributed by atoms with Crippen LogP contribution in [0.4, 0.5) is 19.0 Å². The van der Waals surface area contributed by atoms with Crippen LogP contribution < -0.4 is 5.73 Å².